The van der Waals surface area contributed by atoms with Gasteiger partial charge in [-0.1, -0.05) is 6.07 Å². The molecule has 0 unspecified atom stereocenters. The Kier molecular flexibility index (Phi) is 3.68. The largest absolute Gasteiger partial charge is 0.382 e. The van der Waals surface area contributed by atoms with Gasteiger partial charge in [0, 0.05) is 12.8 Å². The molecule has 1 aromatic rings. The molecule has 0 heterocycles. The Hall–Kier alpha value is -1.10. The Labute approximate surface area is 89.2 Å². The van der Waals surface area contributed by atoms with Crippen LogP contribution in [0.2, 0.25) is 0 Å². The molecule has 84 valence electrons. The van der Waals surface area contributed by atoms with Crippen LogP contribution in [0, 0.1) is 12.7 Å². The third-order valence-electron chi connectivity index (χ3n) is 1.91. The van der Waals surface area contributed by atoms with E-state index in [0.29, 0.717) is 5.69 Å². The standard InChI is InChI=1S/C10H14FNO2S/c1-8-3-4-9(11)10(7-8)12-5-6-15(2,13)14/h3-4,7,12H,5-6H2,1-2H3. The molecule has 0 radical (unpaired) electrons. The summed E-state index contributed by atoms with van der Waals surface area (Å²) in [6, 6.07) is 4.67. The van der Waals surface area contributed by atoms with Gasteiger partial charge in [0.25, 0.3) is 0 Å². The second-order valence-electron chi connectivity index (χ2n) is 3.54. The molecular formula is C10H14FNO2S. The van der Waals surface area contributed by atoms with Crippen LogP contribution in [0.1, 0.15) is 5.56 Å². The fourth-order valence-electron chi connectivity index (χ4n) is 1.15. The van der Waals surface area contributed by atoms with Crippen molar-refractivity contribution >= 4 is 15.5 Å². The summed E-state index contributed by atoms with van der Waals surface area (Å²) < 4.78 is 34.9. The van der Waals surface area contributed by atoms with Gasteiger partial charge in [-0.25, -0.2) is 12.8 Å². The maximum atomic E-state index is 13.2. The van der Waals surface area contributed by atoms with Crippen LogP contribution >= 0.6 is 0 Å². The van der Waals surface area contributed by atoms with E-state index in [1.165, 1.54) is 6.07 Å². The van der Waals surface area contributed by atoms with Gasteiger partial charge in [0.2, 0.25) is 0 Å². The summed E-state index contributed by atoms with van der Waals surface area (Å²) in [6.07, 6.45) is 1.15. The second-order valence-corrected chi connectivity index (χ2v) is 5.80. The van der Waals surface area contributed by atoms with Crippen LogP contribution < -0.4 is 5.32 Å². The lowest BCUT2D eigenvalue weighted by Gasteiger charge is -2.07. The zero-order valence-corrected chi connectivity index (χ0v) is 9.57. The van der Waals surface area contributed by atoms with Crippen molar-refractivity contribution in [2.75, 3.05) is 23.9 Å². The van der Waals surface area contributed by atoms with Crippen molar-refractivity contribution in [2.45, 2.75) is 6.92 Å². The minimum Gasteiger partial charge on any atom is -0.382 e. The third-order valence-corrected chi connectivity index (χ3v) is 2.86. The molecule has 0 atom stereocenters. The van der Waals surface area contributed by atoms with Gasteiger partial charge in [0.1, 0.15) is 15.7 Å². The summed E-state index contributed by atoms with van der Waals surface area (Å²) >= 11 is 0. The quantitative estimate of drug-likeness (QED) is 0.856. The Bertz CT molecular complexity index is 443. The van der Waals surface area contributed by atoms with Crippen molar-refractivity contribution in [1.82, 2.24) is 0 Å². The van der Waals surface area contributed by atoms with Crippen molar-refractivity contribution in [3.8, 4) is 0 Å². The molecule has 0 bridgehead atoms. The van der Waals surface area contributed by atoms with E-state index < -0.39 is 9.84 Å². The average Bonchev–Trinajstić information content (AvgIpc) is 2.09. The molecular weight excluding hydrogens is 217 g/mol. The van der Waals surface area contributed by atoms with Crippen molar-refractivity contribution in [3.63, 3.8) is 0 Å². The lowest BCUT2D eigenvalue weighted by atomic mass is 10.2. The van der Waals surface area contributed by atoms with Crippen molar-refractivity contribution < 1.29 is 12.8 Å². The van der Waals surface area contributed by atoms with Gasteiger partial charge >= 0.3 is 0 Å². The van der Waals surface area contributed by atoms with Crippen LogP contribution in [0.4, 0.5) is 10.1 Å². The zero-order valence-electron chi connectivity index (χ0n) is 8.75. The van der Waals surface area contributed by atoms with Crippen LogP contribution in [0.3, 0.4) is 0 Å². The first-order chi connectivity index (χ1) is 6.88. The van der Waals surface area contributed by atoms with E-state index in [2.05, 4.69) is 5.32 Å². The van der Waals surface area contributed by atoms with Crippen LogP contribution in [0.5, 0.6) is 0 Å². The van der Waals surface area contributed by atoms with Crippen LogP contribution in [-0.2, 0) is 9.84 Å². The van der Waals surface area contributed by atoms with Crippen molar-refractivity contribution in [1.29, 1.82) is 0 Å². The number of nitrogens with one attached hydrogen (secondary N) is 1. The minimum atomic E-state index is -3.00. The van der Waals surface area contributed by atoms with Crippen LogP contribution in [0.15, 0.2) is 18.2 Å². The molecule has 0 fully saturated rings. The molecule has 1 rings (SSSR count). The summed E-state index contributed by atoms with van der Waals surface area (Å²) in [6.45, 7) is 2.07. The predicted octanol–water partition coefficient (Wildman–Crippen LogP) is 1.59. The highest BCUT2D eigenvalue weighted by Gasteiger charge is 2.04. The first-order valence-electron chi connectivity index (χ1n) is 4.56. The van der Waals surface area contributed by atoms with E-state index in [1.54, 1.807) is 12.1 Å². The molecule has 1 aromatic carbocycles. The van der Waals surface area contributed by atoms with E-state index >= 15 is 0 Å². The molecule has 1 N–H and O–H groups in total. The first kappa shape index (κ1) is 12.0. The van der Waals surface area contributed by atoms with Crippen LogP contribution in [0.25, 0.3) is 0 Å². The van der Waals surface area contributed by atoms with E-state index in [9.17, 15) is 12.8 Å². The monoisotopic (exact) mass is 231 g/mol. The Morgan fingerprint density at radius 3 is 2.67 bits per heavy atom. The fraction of sp³-hybridized carbons (Fsp3) is 0.400. The molecule has 0 aliphatic heterocycles. The van der Waals surface area contributed by atoms with Gasteiger partial charge in [0.15, 0.2) is 0 Å². The van der Waals surface area contributed by atoms with E-state index in [4.69, 9.17) is 0 Å². The SMILES string of the molecule is Cc1ccc(F)c(NCCS(C)(=O)=O)c1. The second kappa shape index (κ2) is 4.61. The molecule has 3 nitrogen and oxygen atoms in total. The van der Waals surface area contributed by atoms with Crippen molar-refractivity contribution in [3.05, 3.63) is 29.6 Å². The van der Waals surface area contributed by atoms with Gasteiger partial charge in [-0.15, -0.1) is 0 Å². The highest BCUT2D eigenvalue weighted by molar-refractivity contribution is 7.90. The summed E-state index contributed by atoms with van der Waals surface area (Å²) in [5.74, 6) is -0.366. The number of benzene rings is 1. The molecule has 0 aromatic heterocycles. The smallest absolute Gasteiger partial charge is 0.149 e. The van der Waals surface area contributed by atoms with Gasteiger partial charge in [-0.2, -0.15) is 0 Å². The highest BCUT2D eigenvalue weighted by Crippen LogP contribution is 2.15. The average molecular weight is 231 g/mol. The first-order valence-corrected chi connectivity index (χ1v) is 6.62. The number of sulfone groups is 1. The normalized spacial score (nSPS) is 11.4. The van der Waals surface area contributed by atoms with E-state index in [-0.39, 0.29) is 18.1 Å². The number of anilines is 1. The Morgan fingerprint density at radius 2 is 2.07 bits per heavy atom. The number of halogens is 1. The van der Waals surface area contributed by atoms with Crippen molar-refractivity contribution in [2.24, 2.45) is 0 Å². The maximum Gasteiger partial charge on any atom is 0.149 e. The lowest BCUT2D eigenvalue weighted by Crippen LogP contribution is -2.14. The molecule has 0 saturated carbocycles. The molecule has 0 spiro atoms. The molecule has 5 heteroatoms. The van der Waals surface area contributed by atoms with E-state index in [1.807, 2.05) is 6.92 Å². The number of hydrogen-bond acceptors (Lipinski definition) is 3. The maximum absolute atomic E-state index is 13.2. The van der Waals surface area contributed by atoms with Gasteiger partial charge in [-0.3, -0.25) is 0 Å². The summed E-state index contributed by atoms with van der Waals surface area (Å²) in [7, 11) is -3.00. The van der Waals surface area contributed by atoms with Crippen LogP contribution in [-0.4, -0.2) is 27.0 Å². The third kappa shape index (κ3) is 4.29. The molecule has 0 aliphatic rings. The van der Waals surface area contributed by atoms with Gasteiger partial charge in [-0.05, 0) is 24.6 Å². The zero-order chi connectivity index (χ0) is 11.5. The Balaban J connectivity index is 2.61. The number of rotatable bonds is 4. The van der Waals surface area contributed by atoms with Gasteiger partial charge < -0.3 is 5.32 Å². The van der Waals surface area contributed by atoms with E-state index in [0.717, 1.165) is 11.8 Å². The fourth-order valence-corrected chi connectivity index (χ4v) is 1.62. The molecule has 0 saturated heterocycles. The predicted molar refractivity (Wildman–Crippen MR) is 59.3 cm³/mol. The topological polar surface area (TPSA) is 46.2 Å². The van der Waals surface area contributed by atoms with Gasteiger partial charge in [0.05, 0.1) is 11.4 Å². The lowest BCUT2D eigenvalue weighted by molar-refractivity contribution is 0.601. The molecule has 0 aliphatic carbocycles. The summed E-state index contributed by atoms with van der Waals surface area (Å²) in [4.78, 5) is 0. The molecule has 15 heavy (non-hydrogen) atoms. The Morgan fingerprint density at radius 1 is 1.40 bits per heavy atom. The summed E-state index contributed by atoms with van der Waals surface area (Å²) in [5.41, 5.74) is 1.27. The minimum absolute atomic E-state index is 0.000379. The number of aryl methyl sites for hydroxylation is 1. The molecule has 0 amide bonds. The highest BCUT2D eigenvalue weighted by atomic mass is 32.2. The summed E-state index contributed by atoms with van der Waals surface area (Å²) in [5, 5.41) is 2.76. The number of hydrogen-bond donors (Lipinski definition) is 1.